The molecule has 8 heteroatoms. The molecule has 0 aliphatic carbocycles. The fraction of sp³-hybridized carbons (Fsp3) is 0.111. The predicted octanol–water partition coefficient (Wildman–Crippen LogP) is 5.46. The summed E-state index contributed by atoms with van der Waals surface area (Å²) in [5.41, 5.74) is 0.784. The van der Waals surface area contributed by atoms with Crippen LogP contribution in [0.25, 0.3) is 11.1 Å². The van der Waals surface area contributed by atoms with E-state index in [1.54, 1.807) is 26.0 Å². The Morgan fingerprint density at radius 1 is 1.04 bits per heavy atom. The lowest BCUT2D eigenvalue weighted by Crippen LogP contribution is -2.17. The lowest BCUT2D eigenvalue weighted by Gasteiger charge is -2.12. The number of carbonyl (C=O) groups is 1. The number of halogens is 3. The van der Waals surface area contributed by atoms with Crippen molar-refractivity contribution >= 4 is 23.1 Å². The molecule has 0 atom stereocenters. The second kappa shape index (κ2) is 7.17. The Morgan fingerprint density at radius 3 is 2.42 bits per heavy atom. The van der Waals surface area contributed by atoms with Crippen molar-refractivity contribution in [1.82, 2.24) is 4.98 Å². The van der Waals surface area contributed by atoms with Crippen LogP contribution in [0.1, 0.15) is 10.7 Å². The first-order chi connectivity index (χ1) is 12.3. The maximum absolute atomic E-state index is 14.1. The Balaban J connectivity index is 1.89. The smallest absolute Gasteiger partial charge is 0.397 e. The number of anilines is 1. The largest absolute Gasteiger partial charge is 0.417 e. The lowest BCUT2D eigenvalue weighted by atomic mass is 10.0. The zero-order chi connectivity index (χ0) is 18.8. The average molecular weight is 378 g/mol. The van der Waals surface area contributed by atoms with Gasteiger partial charge in [-0.3, -0.25) is 5.32 Å². The molecule has 0 saturated heterocycles. The number of aryl methyl sites for hydroxylation is 2. The van der Waals surface area contributed by atoms with Gasteiger partial charge in [0.2, 0.25) is 5.06 Å². The Hall–Kier alpha value is -2.87. The van der Waals surface area contributed by atoms with Crippen molar-refractivity contribution in [2.75, 3.05) is 5.32 Å². The molecule has 0 radical (unpaired) electrons. The van der Waals surface area contributed by atoms with Crippen LogP contribution in [0.5, 0.6) is 5.06 Å². The Kier molecular flexibility index (Phi) is 4.94. The first-order valence-corrected chi connectivity index (χ1v) is 8.33. The molecule has 0 saturated carbocycles. The SMILES string of the molecule is Cc1nc(C)c(OC(=O)Nc2ccccc2-c2cc(F)c(F)cc2F)s1. The van der Waals surface area contributed by atoms with Gasteiger partial charge in [0, 0.05) is 17.2 Å². The van der Waals surface area contributed by atoms with Gasteiger partial charge in [0.05, 0.1) is 16.4 Å². The van der Waals surface area contributed by atoms with Crippen LogP contribution in [0, 0.1) is 31.3 Å². The summed E-state index contributed by atoms with van der Waals surface area (Å²) in [4.78, 5) is 16.3. The minimum Gasteiger partial charge on any atom is -0.397 e. The molecule has 0 bridgehead atoms. The first kappa shape index (κ1) is 17.9. The van der Waals surface area contributed by atoms with Gasteiger partial charge in [0.25, 0.3) is 0 Å². The highest BCUT2D eigenvalue weighted by Crippen LogP contribution is 2.32. The standard InChI is InChI=1S/C18H13F3N2O2S/c1-9-17(26-10(2)22-9)25-18(24)23-16-6-4-3-5-11(16)12-7-14(20)15(21)8-13(12)19/h3-8H,1-2H3,(H,23,24). The number of aromatic nitrogens is 1. The minimum atomic E-state index is -1.29. The van der Waals surface area contributed by atoms with Crippen LogP contribution >= 0.6 is 11.3 Å². The van der Waals surface area contributed by atoms with E-state index in [4.69, 9.17) is 4.74 Å². The summed E-state index contributed by atoms with van der Waals surface area (Å²) in [6, 6.07) is 7.38. The number of amides is 1. The van der Waals surface area contributed by atoms with E-state index in [0.717, 1.165) is 11.1 Å². The number of thiazole rings is 1. The van der Waals surface area contributed by atoms with Crippen LogP contribution in [0.15, 0.2) is 36.4 Å². The quantitative estimate of drug-likeness (QED) is 0.616. The second-order valence-electron chi connectivity index (χ2n) is 5.41. The molecule has 0 spiro atoms. The molecule has 0 aliphatic rings. The molecule has 3 rings (SSSR count). The zero-order valence-electron chi connectivity index (χ0n) is 13.8. The normalized spacial score (nSPS) is 10.7. The van der Waals surface area contributed by atoms with E-state index in [9.17, 15) is 18.0 Å². The van der Waals surface area contributed by atoms with Crippen LogP contribution in [-0.4, -0.2) is 11.1 Å². The second-order valence-corrected chi connectivity index (χ2v) is 6.58. The van der Waals surface area contributed by atoms with Gasteiger partial charge in [-0.25, -0.2) is 22.9 Å². The monoisotopic (exact) mass is 378 g/mol. The van der Waals surface area contributed by atoms with Crippen molar-refractivity contribution in [2.45, 2.75) is 13.8 Å². The van der Waals surface area contributed by atoms with Gasteiger partial charge in [0.15, 0.2) is 11.6 Å². The van der Waals surface area contributed by atoms with Gasteiger partial charge in [0.1, 0.15) is 5.82 Å². The van der Waals surface area contributed by atoms with E-state index in [0.29, 0.717) is 16.8 Å². The highest BCUT2D eigenvalue weighted by Gasteiger charge is 2.17. The number of nitrogens with one attached hydrogen (secondary N) is 1. The van der Waals surface area contributed by atoms with E-state index in [-0.39, 0.29) is 16.8 Å². The third-order valence-corrected chi connectivity index (χ3v) is 4.46. The van der Waals surface area contributed by atoms with Crippen molar-refractivity contribution in [1.29, 1.82) is 0 Å². The average Bonchev–Trinajstić information content (AvgIpc) is 2.89. The number of ether oxygens (including phenoxy) is 1. The maximum Gasteiger partial charge on any atom is 0.417 e. The Bertz CT molecular complexity index is 989. The summed E-state index contributed by atoms with van der Waals surface area (Å²) in [6.07, 6.45) is -0.799. The predicted molar refractivity (Wildman–Crippen MR) is 93.0 cm³/mol. The fourth-order valence-electron chi connectivity index (χ4n) is 2.38. The summed E-state index contributed by atoms with van der Waals surface area (Å²) in [6.45, 7) is 3.49. The first-order valence-electron chi connectivity index (χ1n) is 7.52. The molecule has 0 unspecified atom stereocenters. The molecule has 3 aromatic rings. The molecular formula is C18H13F3N2O2S. The molecule has 134 valence electrons. The maximum atomic E-state index is 14.1. The van der Waals surface area contributed by atoms with Crippen LogP contribution in [0.4, 0.5) is 23.7 Å². The molecule has 1 N–H and O–H groups in total. The van der Waals surface area contributed by atoms with E-state index >= 15 is 0 Å². The third kappa shape index (κ3) is 3.70. The van der Waals surface area contributed by atoms with Gasteiger partial charge < -0.3 is 4.74 Å². The molecule has 2 aromatic carbocycles. The molecule has 4 nitrogen and oxygen atoms in total. The highest BCUT2D eigenvalue weighted by molar-refractivity contribution is 7.13. The molecule has 1 heterocycles. The van der Waals surface area contributed by atoms with Crippen molar-refractivity contribution in [3.8, 4) is 16.2 Å². The van der Waals surface area contributed by atoms with Crippen LogP contribution in [0.3, 0.4) is 0 Å². The number of benzene rings is 2. The number of nitrogens with zero attached hydrogens (tertiary/aromatic N) is 1. The summed E-state index contributed by atoms with van der Waals surface area (Å²) < 4.78 is 46.0. The topological polar surface area (TPSA) is 51.2 Å². The number of rotatable bonds is 3. The van der Waals surface area contributed by atoms with Crippen molar-refractivity contribution in [2.24, 2.45) is 0 Å². The summed E-state index contributed by atoms with van der Waals surface area (Å²) in [7, 11) is 0. The zero-order valence-corrected chi connectivity index (χ0v) is 14.6. The fourth-order valence-corrected chi connectivity index (χ4v) is 3.14. The van der Waals surface area contributed by atoms with Gasteiger partial charge in [-0.2, -0.15) is 0 Å². The number of hydrogen-bond acceptors (Lipinski definition) is 4. The van der Waals surface area contributed by atoms with Gasteiger partial charge >= 0.3 is 6.09 Å². The number of carbonyl (C=O) groups excluding carboxylic acids is 1. The molecular weight excluding hydrogens is 365 g/mol. The Labute approximate surface area is 151 Å². The number of hydrogen-bond donors (Lipinski definition) is 1. The van der Waals surface area contributed by atoms with Crippen LogP contribution in [0.2, 0.25) is 0 Å². The van der Waals surface area contributed by atoms with E-state index in [1.165, 1.54) is 23.5 Å². The lowest BCUT2D eigenvalue weighted by molar-refractivity contribution is 0.216. The molecule has 1 amide bonds. The summed E-state index contributed by atoms with van der Waals surface area (Å²) in [5.74, 6) is -3.41. The summed E-state index contributed by atoms with van der Waals surface area (Å²) >= 11 is 1.21. The van der Waals surface area contributed by atoms with Gasteiger partial charge in [-0.05, 0) is 26.0 Å². The minimum absolute atomic E-state index is 0.176. The van der Waals surface area contributed by atoms with E-state index < -0.39 is 23.5 Å². The van der Waals surface area contributed by atoms with Gasteiger partial charge in [-0.1, -0.05) is 29.5 Å². The molecule has 26 heavy (non-hydrogen) atoms. The molecule has 0 aliphatic heterocycles. The van der Waals surface area contributed by atoms with E-state index in [2.05, 4.69) is 10.3 Å². The third-order valence-electron chi connectivity index (χ3n) is 3.51. The Morgan fingerprint density at radius 2 is 1.73 bits per heavy atom. The van der Waals surface area contributed by atoms with Crippen LogP contribution in [-0.2, 0) is 0 Å². The van der Waals surface area contributed by atoms with Gasteiger partial charge in [-0.15, -0.1) is 0 Å². The van der Waals surface area contributed by atoms with Crippen LogP contribution < -0.4 is 10.1 Å². The molecule has 0 fully saturated rings. The number of para-hydroxylation sites is 1. The highest BCUT2D eigenvalue weighted by atomic mass is 32.1. The van der Waals surface area contributed by atoms with Crippen molar-refractivity contribution < 1.29 is 22.7 Å². The van der Waals surface area contributed by atoms with Crippen molar-refractivity contribution in [3.63, 3.8) is 0 Å². The van der Waals surface area contributed by atoms with E-state index in [1.807, 2.05) is 0 Å². The summed E-state index contributed by atoms with van der Waals surface area (Å²) in [5, 5.41) is 3.58. The molecule has 1 aromatic heterocycles. The van der Waals surface area contributed by atoms with Crippen molar-refractivity contribution in [3.05, 3.63) is 64.6 Å².